The summed E-state index contributed by atoms with van der Waals surface area (Å²) in [6.07, 6.45) is 1.64. The van der Waals surface area contributed by atoms with Crippen LogP contribution in [0.15, 0.2) is 36.5 Å². The number of imidazole rings is 1. The summed E-state index contributed by atoms with van der Waals surface area (Å²) >= 11 is 6.17. The fourth-order valence-corrected chi connectivity index (χ4v) is 3.09. The van der Waals surface area contributed by atoms with E-state index in [1.165, 1.54) is 6.07 Å². The monoisotopic (exact) mass is 397 g/mol. The van der Waals surface area contributed by atoms with Crippen molar-refractivity contribution in [2.75, 3.05) is 24.3 Å². The van der Waals surface area contributed by atoms with Crippen molar-refractivity contribution in [3.8, 4) is 11.4 Å². The lowest BCUT2D eigenvalue weighted by Gasteiger charge is -2.13. The molecule has 0 saturated heterocycles. The zero-order valence-electron chi connectivity index (χ0n) is 15.5. The minimum Gasteiger partial charge on any atom is -0.363 e. The highest BCUT2D eigenvalue weighted by atomic mass is 35.5. The minimum atomic E-state index is -0.448. The molecule has 0 radical (unpaired) electrons. The smallest absolute Gasteiger partial charge is 0.159 e. The van der Waals surface area contributed by atoms with Crippen molar-refractivity contribution in [1.29, 1.82) is 0 Å². The number of aromatic amines is 1. The van der Waals surface area contributed by atoms with Gasteiger partial charge in [0.1, 0.15) is 34.6 Å². The van der Waals surface area contributed by atoms with Crippen LogP contribution >= 0.6 is 11.6 Å². The normalized spacial score (nSPS) is 11.0. The van der Waals surface area contributed by atoms with Gasteiger partial charge in [-0.3, -0.25) is 0 Å². The van der Waals surface area contributed by atoms with Gasteiger partial charge in [0.2, 0.25) is 0 Å². The van der Waals surface area contributed by atoms with Gasteiger partial charge in [-0.2, -0.15) is 0 Å². The predicted octanol–water partition coefficient (Wildman–Crippen LogP) is 4.33. The number of nitrogens with zero attached hydrogens (tertiary/aromatic N) is 5. The van der Waals surface area contributed by atoms with Gasteiger partial charge in [0, 0.05) is 26.4 Å². The van der Waals surface area contributed by atoms with Crippen molar-refractivity contribution < 1.29 is 4.39 Å². The van der Waals surface area contributed by atoms with E-state index in [1.807, 2.05) is 32.0 Å². The fraction of sp³-hybridized carbons (Fsp3) is 0.158. The van der Waals surface area contributed by atoms with Gasteiger partial charge in [-0.1, -0.05) is 17.7 Å². The van der Waals surface area contributed by atoms with E-state index in [0.29, 0.717) is 34.3 Å². The summed E-state index contributed by atoms with van der Waals surface area (Å²) in [4.78, 5) is 22.7. The highest BCUT2D eigenvalue weighted by Crippen LogP contribution is 2.32. The number of H-pyrrole nitrogens is 1. The number of fused-ring (bicyclic) bond motifs is 1. The second kappa shape index (κ2) is 7.05. The number of anilines is 3. The van der Waals surface area contributed by atoms with E-state index in [9.17, 15) is 4.39 Å². The first kappa shape index (κ1) is 18.1. The van der Waals surface area contributed by atoms with E-state index in [2.05, 4.69) is 30.2 Å². The lowest BCUT2D eigenvalue weighted by atomic mass is 10.2. The largest absolute Gasteiger partial charge is 0.363 e. The minimum absolute atomic E-state index is 0.221. The molecule has 7 nitrogen and oxygen atoms in total. The lowest BCUT2D eigenvalue weighted by Crippen LogP contribution is -2.12. The van der Waals surface area contributed by atoms with Crippen LogP contribution in [-0.4, -0.2) is 39.0 Å². The summed E-state index contributed by atoms with van der Waals surface area (Å²) in [6, 6.07) is 8.10. The van der Waals surface area contributed by atoms with Crippen LogP contribution in [0.1, 0.15) is 5.82 Å². The van der Waals surface area contributed by atoms with Gasteiger partial charge < -0.3 is 15.2 Å². The zero-order valence-corrected chi connectivity index (χ0v) is 16.2. The molecular weight excluding hydrogens is 381 g/mol. The van der Waals surface area contributed by atoms with Crippen LogP contribution in [0.3, 0.4) is 0 Å². The molecular formula is C19H17ClFN7. The molecule has 0 aliphatic rings. The first-order chi connectivity index (χ1) is 13.4. The van der Waals surface area contributed by atoms with Crippen molar-refractivity contribution in [1.82, 2.24) is 24.9 Å². The standard InChI is InChI=1S/C19H17ClFN7/c1-10-23-14(9-15(24-10)28(2)3)26-19-17-13(7-8-22-19)25-18(27-17)16-11(20)5-4-6-12(16)21/h4-9H,1-3H3,(H,25,27)(H,22,23,24,26). The summed E-state index contributed by atoms with van der Waals surface area (Å²) in [5, 5.41) is 3.46. The van der Waals surface area contributed by atoms with Gasteiger partial charge in [0.25, 0.3) is 0 Å². The molecule has 0 spiro atoms. The third-order valence-electron chi connectivity index (χ3n) is 4.13. The summed E-state index contributed by atoms with van der Waals surface area (Å²) < 4.78 is 14.3. The van der Waals surface area contributed by atoms with E-state index < -0.39 is 5.82 Å². The van der Waals surface area contributed by atoms with Gasteiger partial charge in [-0.15, -0.1) is 0 Å². The Morgan fingerprint density at radius 3 is 2.71 bits per heavy atom. The number of nitrogens with one attached hydrogen (secondary N) is 2. The van der Waals surface area contributed by atoms with E-state index >= 15 is 0 Å². The van der Waals surface area contributed by atoms with E-state index in [1.54, 1.807) is 24.4 Å². The van der Waals surface area contributed by atoms with Gasteiger partial charge in [-0.05, 0) is 25.1 Å². The number of halogens is 2. The molecule has 3 aromatic heterocycles. The molecule has 0 bridgehead atoms. The Balaban J connectivity index is 1.79. The second-order valence-corrected chi connectivity index (χ2v) is 6.82. The van der Waals surface area contributed by atoms with E-state index in [-0.39, 0.29) is 10.6 Å². The summed E-state index contributed by atoms with van der Waals surface area (Å²) in [6.45, 7) is 1.82. The first-order valence-corrected chi connectivity index (χ1v) is 8.89. The third-order valence-corrected chi connectivity index (χ3v) is 4.44. The predicted molar refractivity (Wildman–Crippen MR) is 109 cm³/mol. The molecule has 0 saturated carbocycles. The van der Waals surface area contributed by atoms with Crippen LogP contribution < -0.4 is 10.2 Å². The number of rotatable bonds is 4. The third kappa shape index (κ3) is 3.34. The Labute approximate surface area is 165 Å². The molecule has 3 heterocycles. The Morgan fingerprint density at radius 1 is 1.14 bits per heavy atom. The maximum absolute atomic E-state index is 14.3. The lowest BCUT2D eigenvalue weighted by molar-refractivity contribution is 0.630. The van der Waals surface area contributed by atoms with Crippen LogP contribution in [0.2, 0.25) is 5.02 Å². The molecule has 4 aromatic rings. The molecule has 1 aromatic carbocycles. The Hall–Kier alpha value is -3.26. The van der Waals surface area contributed by atoms with E-state index in [4.69, 9.17) is 11.6 Å². The Kier molecular flexibility index (Phi) is 4.56. The molecule has 9 heteroatoms. The van der Waals surface area contributed by atoms with Crippen molar-refractivity contribution in [2.45, 2.75) is 6.92 Å². The average Bonchev–Trinajstić information content (AvgIpc) is 3.06. The number of aryl methyl sites for hydroxylation is 1. The molecule has 0 aliphatic heterocycles. The molecule has 0 amide bonds. The van der Waals surface area contributed by atoms with Crippen molar-refractivity contribution in [3.05, 3.63) is 53.2 Å². The second-order valence-electron chi connectivity index (χ2n) is 6.42. The number of hydrogen-bond donors (Lipinski definition) is 2. The fourth-order valence-electron chi connectivity index (χ4n) is 2.84. The SMILES string of the molecule is Cc1nc(Nc2nccc3[nH]c(-c4c(F)cccc4Cl)nc23)cc(N(C)C)n1. The van der Waals surface area contributed by atoms with Crippen molar-refractivity contribution >= 4 is 40.1 Å². The van der Waals surface area contributed by atoms with Crippen molar-refractivity contribution in [3.63, 3.8) is 0 Å². The zero-order chi connectivity index (χ0) is 19.8. The van der Waals surface area contributed by atoms with Gasteiger partial charge in [0.05, 0.1) is 16.1 Å². The number of benzene rings is 1. The van der Waals surface area contributed by atoms with Gasteiger partial charge >= 0.3 is 0 Å². The van der Waals surface area contributed by atoms with Crippen molar-refractivity contribution in [2.24, 2.45) is 0 Å². The van der Waals surface area contributed by atoms with Crippen LogP contribution in [0.5, 0.6) is 0 Å². The number of hydrogen-bond acceptors (Lipinski definition) is 6. The Bertz CT molecular complexity index is 1150. The first-order valence-electron chi connectivity index (χ1n) is 8.51. The molecule has 0 unspecified atom stereocenters. The number of aromatic nitrogens is 5. The number of pyridine rings is 1. The average molecular weight is 398 g/mol. The summed E-state index contributed by atoms with van der Waals surface area (Å²) in [5.41, 5.74) is 1.48. The van der Waals surface area contributed by atoms with Gasteiger partial charge in [-0.25, -0.2) is 24.3 Å². The van der Waals surface area contributed by atoms with Crippen LogP contribution in [0.4, 0.5) is 21.8 Å². The maximum Gasteiger partial charge on any atom is 0.159 e. The van der Waals surface area contributed by atoms with Crippen LogP contribution in [0.25, 0.3) is 22.4 Å². The van der Waals surface area contributed by atoms with Crippen LogP contribution in [0, 0.1) is 12.7 Å². The Morgan fingerprint density at radius 2 is 1.96 bits per heavy atom. The topological polar surface area (TPSA) is 82.6 Å². The van der Waals surface area contributed by atoms with Gasteiger partial charge in [0.15, 0.2) is 5.82 Å². The molecule has 0 fully saturated rings. The molecule has 28 heavy (non-hydrogen) atoms. The maximum atomic E-state index is 14.3. The summed E-state index contributed by atoms with van der Waals surface area (Å²) in [5.74, 6) is 2.36. The highest BCUT2D eigenvalue weighted by molar-refractivity contribution is 6.33. The quantitative estimate of drug-likeness (QED) is 0.533. The van der Waals surface area contributed by atoms with Crippen LogP contribution in [-0.2, 0) is 0 Å². The highest BCUT2D eigenvalue weighted by Gasteiger charge is 2.16. The molecule has 0 atom stereocenters. The molecule has 142 valence electrons. The molecule has 2 N–H and O–H groups in total. The van der Waals surface area contributed by atoms with E-state index in [0.717, 1.165) is 5.82 Å². The molecule has 0 aliphatic carbocycles. The summed E-state index contributed by atoms with van der Waals surface area (Å²) in [7, 11) is 3.81. The molecule has 4 rings (SSSR count).